The van der Waals surface area contributed by atoms with Crippen LogP contribution in [0.1, 0.15) is 11.7 Å². The lowest BCUT2D eigenvalue weighted by Crippen LogP contribution is -2.24. The Morgan fingerprint density at radius 1 is 1.56 bits per heavy atom. The Morgan fingerprint density at radius 3 is 2.69 bits per heavy atom. The van der Waals surface area contributed by atoms with E-state index in [1.807, 2.05) is 6.07 Å². The second-order valence-electron chi connectivity index (χ2n) is 3.39. The SMILES string of the molecule is COC(=O)C1(C#N)OC1c1ccc(Cl)cc1. The molecule has 16 heavy (non-hydrogen) atoms. The van der Waals surface area contributed by atoms with E-state index in [9.17, 15) is 4.79 Å². The molecule has 82 valence electrons. The molecule has 2 rings (SSSR count). The van der Waals surface area contributed by atoms with E-state index in [1.165, 1.54) is 7.11 Å². The van der Waals surface area contributed by atoms with Crippen LogP contribution in [0.5, 0.6) is 0 Å². The number of benzene rings is 1. The van der Waals surface area contributed by atoms with Gasteiger partial charge in [-0.3, -0.25) is 0 Å². The molecule has 0 saturated carbocycles. The maximum absolute atomic E-state index is 11.4. The maximum atomic E-state index is 11.4. The fourth-order valence-corrected chi connectivity index (χ4v) is 1.66. The zero-order chi connectivity index (χ0) is 11.8. The third-order valence-corrected chi connectivity index (χ3v) is 2.70. The van der Waals surface area contributed by atoms with Gasteiger partial charge < -0.3 is 9.47 Å². The Bertz CT molecular complexity index is 465. The van der Waals surface area contributed by atoms with Crippen molar-refractivity contribution in [2.45, 2.75) is 11.7 Å². The maximum Gasteiger partial charge on any atom is 0.356 e. The number of esters is 1. The van der Waals surface area contributed by atoms with E-state index in [1.54, 1.807) is 24.3 Å². The molecule has 1 aliphatic heterocycles. The van der Waals surface area contributed by atoms with Crippen LogP contribution in [0.15, 0.2) is 24.3 Å². The van der Waals surface area contributed by atoms with Crippen LogP contribution in [-0.4, -0.2) is 18.7 Å². The van der Waals surface area contributed by atoms with Crippen LogP contribution in [0.2, 0.25) is 5.02 Å². The van der Waals surface area contributed by atoms with E-state index in [4.69, 9.17) is 21.6 Å². The van der Waals surface area contributed by atoms with Crippen LogP contribution >= 0.6 is 11.6 Å². The first-order valence-corrected chi connectivity index (χ1v) is 4.95. The first-order chi connectivity index (χ1) is 7.64. The van der Waals surface area contributed by atoms with Crippen molar-refractivity contribution in [2.24, 2.45) is 0 Å². The first-order valence-electron chi connectivity index (χ1n) is 4.57. The molecule has 4 nitrogen and oxygen atoms in total. The molecule has 2 unspecified atom stereocenters. The predicted molar refractivity (Wildman–Crippen MR) is 55.6 cm³/mol. The lowest BCUT2D eigenvalue weighted by Gasteiger charge is -2.01. The highest BCUT2D eigenvalue weighted by Gasteiger charge is 2.65. The zero-order valence-electron chi connectivity index (χ0n) is 8.44. The molecule has 1 fully saturated rings. The standard InChI is InChI=1S/C11H8ClNO3/c1-15-10(14)11(6-13)9(16-11)7-2-4-8(12)5-3-7/h2-5,9H,1H3. The smallest absolute Gasteiger partial charge is 0.356 e. The number of epoxide rings is 1. The van der Waals surface area contributed by atoms with Crippen molar-refractivity contribution in [2.75, 3.05) is 7.11 Å². The number of halogens is 1. The van der Waals surface area contributed by atoms with Crippen molar-refractivity contribution in [1.82, 2.24) is 0 Å². The van der Waals surface area contributed by atoms with E-state index in [-0.39, 0.29) is 0 Å². The third kappa shape index (κ3) is 1.54. The lowest BCUT2D eigenvalue weighted by molar-refractivity contribution is -0.144. The van der Waals surface area contributed by atoms with E-state index in [0.717, 1.165) is 5.56 Å². The summed E-state index contributed by atoms with van der Waals surface area (Å²) in [5, 5.41) is 9.53. The monoisotopic (exact) mass is 237 g/mol. The van der Waals surface area contributed by atoms with Gasteiger partial charge >= 0.3 is 5.97 Å². The Morgan fingerprint density at radius 2 is 2.19 bits per heavy atom. The summed E-state index contributed by atoms with van der Waals surface area (Å²) < 4.78 is 9.68. The molecule has 0 aromatic heterocycles. The van der Waals surface area contributed by atoms with Gasteiger partial charge in [-0.25, -0.2) is 4.79 Å². The van der Waals surface area contributed by atoms with Gasteiger partial charge in [-0.15, -0.1) is 0 Å². The highest BCUT2D eigenvalue weighted by Crippen LogP contribution is 2.50. The number of rotatable bonds is 2. The van der Waals surface area contributed by atoms with Crippen molar-refractivity contribution in [3.05, 3.63) is 34.9 Å². The Hall–Kier alpha value is -1.57. The second kappa shape index (κ2) is 3.78. The Balaban J connectivity index is 2.25. The summed E-state index contributed by atoms with van der Waals surface area (Å²) in [6.45, 7) is 0. The fourth-order valence-electron chi connectivity index (χ4n) is 1.53. The highest BCUT2D eigenvalue weighted by molar-refractivity contribution is 6.30. The molecule has 0 bridgehead atoms. The van der Waals surface area contributed by atoms with E-state index in [0.29, 0.717) is 5.02 Å². The minimum absolute atomic E-state index is 0.567. The molecule has 1 heterocycles. The first kappa shape index (κ1) is 10.9. The molecule has 0 aliphatic carbocycles. The molecule has 1 aromatic rings. The summed E-state index contributed by atoms with van der Waals surface area (Å²) in [5.41, 5.74) is -0.751. The lowest BCUT2D eigenvalue weighted by atomic mass is 10.0. The molecule has 2 atom stereocenters. The third-order valence-electron chi connectivity index (χ3n) is 2.44. The van der Waals surface area contributed by atoms with Crippen molar-refractivity contribution < 1.29 is 14.3 Å². The summed E-state index contributed by atoms with van der Waals surface area (Å²) in [5.74, 6) is -0.671. The molecule has 0 radical (unpaired) electrons. The normalized spacial score (nSPS) is 26.9. The summed E-state index contributed by atoms with van der Waals surface area (Å²) in [6.07, 6.45) is -0.567. The van der Waals surface area contributed by atoms with Crippen molar-refractivity contribution in [1.29, 1.82) is 5.26 Å². The summed E-state index contributed by atoms with van der Waals surface area (Å²) in [6, 6.07) is 8.63. The van der Waals surface area contributed by atoms with Gasteiger partial charge in [0.2, 0.25) is 0 Å². The van der Waals surface area contributed by atoms with Crippen LogP contribution < -0.4 is 0 Å². The molecule has 0 N–H and O–H groups in total. The molecule has 1 saturated heterocycles. The van der Waals surface area contributed by atoms with Crippen molar-refractivity contribution in [3.8, 4) is 6.07 Å². The van der Waals surface area contributed by atoms with Gasteiger partial charge in [0.25, 0.3) is 5.60 Å². The number of carbonyl (C=O) groups is 1. The predicted octanol–water partition coefficient (Wildman–Crippen LogP) is 1.85. The molecule has 0 amide bonds. The number of hydrogen-bond acceptors (Lipinski definition) is 4. The summed E-state index contributed by atoms with van der Waals surface area (Å²) >= 11 is 5.73. The fraction of sp³-hybridized carbons (Fsp3) is 0.273. The number of hydrogen-bond donors (Lipinski definition) is 0. The van der Waals surface area contributed by atoms with Gasteiger partial charge in [-0.1, -0.05) is 23.7 Å². The molecule has 1 aliphatic rings. The van der Waals surface area contributed by atoms with E-state index >= 15 is 0 Å². The summed E-state index contributed by atoms with van der Waals surface area (Å²) in [4.78, 5) is 11.4. The van der Waals surface area contributed by atoms with Crippen LogP contribution in [0, 0.1) is 11.3 Å². The van der Waals surface area contributed by atoms with Crippen molar-refractivity contribution in [3.63, 3.8) is 0 Å². The van der Waals surface area contributed by atoms with Crippen LogP contribution in [0.25, 0.3) is 0 Å². The second-order valence-corrected chi connectivity index (χ2v) is 3.82. The van der Waals surface area contributed by atoms with Crippen LogP contribution in [0.4, 0.5) is 0 Å². The largest absolute Gasteiger partial charge is 0.466 e. The number of ether oxygens (including phenoxy) is 2. The molecular weight excluding hydrogens is 230 g/mol. The van der Waals surface area contributed by atoms with E-state index in [2.05, 4.69) is 4.74 Å². The minimum atomic E-state index is -1.48. The highest BCUT2D eigenvalue weighted by atomic mass is 35.5. The quantitative estimate of drug-likeness (QED) is 0.582. The number of nitriles is 1. The van der Waals surface area contributed by atoms with Crippen LogP contribution in [0.3, 0.4) is 0 Å². The average molecular weight is 238 g/mol. The van der Waals surface area contributed by atoms with Gasteiger partial charge in [-0.2, -0.15) is 5.26 Å². The van der Waals surface area contributed by atoms with Gasteiger partial charge in [0.1, 0.15) is 12.2 Å². The van der Waals surface area contributed by atoms with Crippen LogP contribution in [-0.2, 0) is 14.3 Å². The summed E-state index contributed by atoms with van der Waals surface area (Å²) in [7, 11) is 1.22. The molecule has 0 spiro atoms. The van der Waals surface area contributed by atoms with Gasteiger partial charge in [0.15, 0.2) is 0 Å². The number of methoxy groups -OCH3 is 1. The zero-order valence-corrected chi connectivity index (χ0v) is 9.19. The Labute approximate surface area is 97.3 Å². The van der Waals surface area contributed by atoms with Crippen molar-refractivity contribution >= 4 is 17.6 Å². The number of nitrogens with zero attached hydrogens (tertiary/aromatic N) is 1. The van der Waals surface area contributed by atoms with E-state index < -0.39 is 17.7 Å². The van der Waals surface area contributed by atoms with Gasteiger partial charge in [0.05, 0.1) is 7.11 Å². The topological polar surface area (TPSA) is 62.6 Å². The number of carbonyl (C=O) groups excluding carboxylic acids is 1. The van der Waals surface area contributed by atoms with Gasteiger partial charge in [-0.05, 0) is 17.7 Å². The molecule has 1 aromatic carbocycles. The molecular formula is C11H8ClNO3. The Kier molecular flexibility index (Phi) is 2.58. The average Bonchev–Trinajstić information content (AvgIpc) is 3.05. The molecule has 5 heteroatoms. The minimum Gasteiger partial charge on any atom is -0.466 e. The van der Waals surface area contributed by atoms with Gasteiger partial charge in [0, 0.05) is 5.02 Å².